The van der Waals surface area contributed by atoms with Crippen LogP contribution in [0.3, 0.4) is 0 Å². The SMILES string of the molecule is Fc1cccc(CC(CBr)(CBr)C2CCCC2)c1. The summed E-state index contributed by atoms with van der Waals surface area (Å²) >= 11 is 7.39. The minimum Gasteiger partial charge on any atom is -0.207 e. The molecule has 1 aromatic rings. The van der Waals surface area contributed by atoms with E-state index in [0.29, 0.717) is 0 Å². The Bertz CT molecular complexity index is 382. The average molecular weight is 378 g/mol. The van der Waals surface area contributed by atoms with E-state index in [0.717, 1.165) is 28.6 Å². The molecule has 3 heteroatoms. The van der Waals surface area contributed by atoms with E-state index >= 15 is 0 Å². The second-order valence-electron chi connectivity index (χ2n) is 5.42. The molecular weight excluding hydrogens is 359 g/mol. The molecule has 0 bridgehead atoms. The van der Waals surface area contributed by atoms with E-state index in [1.165, 1.54) is 31.7 Å². The van der Waals surface area contributed by atoms with Crippen LogP contribution in [0.15, 0.2) is 24.3 Å². The van der Waals surface area contributed by atoms with Gasteiger partial charge in [-0.3, -0.25) is 0 Å². The molecule has 0 nitrogen and oxygen atoms in total. The van der Waals surface area contributed by atoms with Crippen molar-refractivity contribution in [3.63, 3.8) is 0 Å². The summed E-state index contributed by atoms with van der Waals surface area (Å²) in [6.45, 7) is 0. The molecule has 0 heterocycles. The fourth-order valence-corrected chi connectivity index (χ4v) is 5.33. The first-order chi connectivity index (χ1) is 8.70. The Kier molecular flexibility index (Phi) is 5.25. The van der Waals surface area contributed by atoms with E-state index in [-0.39, 0.29) is 11.2 Å². The maximum Gasteiger partial charge on any atom is 0.123 e. The van der Waals surface area contributed by atoms with Gasteiger partial charge in [0.15, 0.2) is 0 Å². The molecule has 0 atom stereocenters. The van der Waals surface area contributed by atoms with E-state index in [9.17, 15) is 4.39 Å². The number of alkyl halides is 2. The quantitative estimate of drug-likeness (QED) is 0.608. The van der Waals surface area contributed by atoms with Gasteiger partial charge in [-0.1, -0.05) is 56.8 Å². The van der Waals surface area contributed by atoms with Crippen molar-refractivity contribution >= 4 is 31.9 Å². The lowest BCUT2D eigenvalue weighted by Crippen LogP contribution is -2.35. The van der Waals surface area contributed by atoms with Crippen molar-refractivity contribution in [1.82, 2.24) is 0 Å². The van der Waals surface area contributed by atoms with Crippen LogP contribution in [0.1, 0.15) is 31.2 Å². The molecule has 1 aliphatic rings. The third kappa shape index (κ3) is 3.16. The van der Waals surface area contributed by atoms with Crippen LogP contribution >= 0.6 is 31.9 Å². The van der Waals surface area contributed by atoms with Crippen molar-refractivity contribution in [2.75, 3.05) is 10.7 Å². The molecule has 2 rings (SSSR count). The second kappa shape index (κ2) is 6.51. The van der Waals surface area contributed by atoms with Gasteiger partial charge in [-0.2, -0.15) is 0 Å². The van der Waals surface area contributed by atoms with E-state index in [1.807, 2.05) is 12.1 Å². The Morgan fingerprint density at radius 1 is 1.17 bits per heavy atom. The monoisotopic (exact) mass is 376 g/mol. The Hall–Kier alpha value is 0.110. The first kappa shape index (κ1) is 14.5. The summed E-state index contributed by atoms with van der Waals surface area (Å²) in [6.07, 6.45) is 6.26. The molecule has 0 radical (unpaired) electrons. The van der Waals surface area contributed by atoms with E-state index in [1.54, 1.807) is 6.07 Å². The lowest BCUT2D eigenvalue weighted by Gasteiger charge is -2.36. The van der Waals surface area contributed by atoms with Crippen LogP contribution < -0.4 is 0 Å². The smallest absolute Gasteiger partial charge is 0.123 e. The highest BCUT2D eigenvalue weighted by molar-refractivity contribution is 9.09. The summed E-state index contributed by atoms with van der Waals surface area (Å²) in [4.78, 5) is 0. The predicted molar refractivity (Wildman–Crippen MR) is 82.1 cm³/mol. The maximum atomic E-state index is 13.3. The zero-order valence-corrected chi connectivity index (χ0v) is 13.6. The van der Waals surface area contributed by atoms with Gasteiger partial charge in [0.05, 0.1) is 0 Å². The van der Waals surface area contributed by atoms with Crippen molar-refractivity contribution < 1.29 is 4.39 Å². The highest BCUT2D eigenvalue weighted by Gasteiger charge is 2.38. The van der Waals surface area contributed by atoms with Gasteiger partial charge in [0.25, 0.3) is 0 Å². The van der Waals surface area contributed by atoms with Gasteiger partial charge < -0.3 is 0 Å². The second-order valence-corrected chi connectivity index (χ2v) is 6.54. The molecule has 18 heavy (non-hydrogen) atoms. The number of benzene rings is 1. The van der Waals surface area contributed by atoms with Crippen molar-refractivity contribution in [3.05, 3.63) is 35.6 Å². The largest absolute Gasteiger partial charge is 0.207 e. The van der Waals surface area contributed by atoms with Crippen LogP contribution in [0.25, 0.3) is 0 Å². The molecular formula is C15H19Br2F. The van der Waals surface area contributed by atoms with Crippen LogP contribution in [-0.2, 0) is 6.42 Å². The fraction of sp³-hybridized carbons (Fsp3) is 0.600. The summed E-state index contributed by atoms with van der Waals surface area (Å²) in [5.74, 6) is 0.622. The minimum atomic E-state index is -0.128. The Balaban J connectivity index is 2.19. The lowest BCUT2D eigenvalue weighted by atomic mass is 9.73. The first-order valence-corrected chi connectivity index (χ1v) is 8.81. The van der Waals surface area contributed by atoms with E-state index < -0.39 is 0 Å². The van der Waals surface area contributed by atoms with Crippen molar-refractivity contribution in [2.24, 2.45) is 11.3 Å². The third-order valence-corrected chi connectivity index (χ3v) is 6.43. The molecule has 0 saturated heterocycles. The molecule has 1 fully saturated rings. The number of hydrogen-bond acceptors (Lipinski definition) is 0. The van der Waals surface area contributed by atoms with Crippen LogP contribution in [0, 0.1) is 17.2 Å². The molecule has 0 unspecified atom stereocenters. The van der Waals surface area contributed by atoms with Gasteiger partial charge >= 0.3 is 0 Å². The van der Waals surface area contributed by atoms with Gasteiger partial charge in [0, 0.05) is 10.7 Å². The Labute approximate surface area is 126 Å². The normalized spacial score (nSPS) is 17.3. The van der Waals surface area contributed by atoms with Crippen LogP contribution in [0.2, 0.25) is 0 Å². The molecule has 0 amide bonds. The molecule has 0 N–H and O–H groups in total. The van der Waals surface area contributed by atoms with Gasteiger partial charge in [0.1, 0.15) is 5.82 Å². The maximum absolute atomic E-state index is 13.3. The van der Waals surface area contributed by atoms with E-state index in [4.69, 9.17) is 0 Å². The Morgan fingerprint density at radius 3 is 2.39 bits per heavy atom. The highest BCUT2D eigenvalue weighted by Crippen LogP contribution is 2.44. The van der Waals surface area contributed by atoms with Crippen LogP contribution in [0.4, 0.5) is 4.39 Å². The van der Waals surface area contributed by atoms with Gasteiger partial charge in [0.2, 0.25) is 0 Å². The van der Waals surface area contributed by atoms with Crippen LogP contribution in [-0.4, -0.2) is 10.7 Å². The molecule has 1 saturated carbocycles. The zero-order chi connectivity index (χ0) is 13.0. The van der Waals surface area contributed by atoms with Crippen LogP contribution in [0.5, 0.6) is 0 Å². The molecule has 0 aliphatic heterocycles. The van der Waals surface area contributed by atoms with Gasteiger partial charge in [-0.25, -0.2) is 4.39 Å². The molecule has 0 spiro atoms. The summed E-state index contributed by atoms with van der Waals surface area (Å²) < 4.78 is 13.3. The average Bonchev–Trinajstić information content (AvgIpc) is 2.90. The van der Waals surface area contributed by atoms with E-state index in [2.05, 4.69) is 31.9 Å². The molecule has 100 valence electrons. The summed E-state index contributed by atoms with van der Waals surface area (Å²) in [6, 6.07) is 7.04. The predicted octanol–water partition coefficient (Wildman–Crippen LogP) is 5.33. The fourth-order valence-electron chi connectivity index (χ4n) is 3.08. The van der Waals surface area contributed by atoms with Crippen molar-refractivity contribution in [2.45, 2.75) is 32.1 Å². The van der Waals surface area contributed by atoms with Crippen molar-refractivity contribution in [1.29, 1.82) is 0 Å². The summed E-state index contributed by atoms with van der Waals surface area (Å²) in [5, 5.41) is 1.96. The van der Waals surface area contributed by atoms with Gasteiger partial charge in [-0.05, 0) is 48.3 Å². The standard InChI is InChI=1S/C15H19Br2F/c16-10-15(11-17,13-5-1-2-6-13)9-12-4-3-7-14(18)8-12/h3-4,7-8,13H,1-2,5-6,9-11H2. The Morgan fingerprint density at radius 2 is 1.83 bits per heavy atom. The minimum absolute atomic E-state index is 0.128. The lowest BCUT2D eigenvalue weighted by molar-refractivity contribution is 0.233. The molecule has 0 aromatic heterocycles. The number of rotatable bonds is 5. The van der Waals surface area contributed by atoms with Crippen molar-refractivity contribution in [3.8, 4) is 0 Å². The zero-order valence-electron chi connectivity index (χ0n) is 10.5. The molecule has 1 aliphatic carbocycles. The van der Waals surface area contributed by atoms with Gasteiger partial charge in [-0.15, -0.1) is 0 Å². The third-order valence-electron chi connectivity index (χ3n) is 4.20. The summed E-state index contributed by atoms with van der Waals surface area (Å²) in [7, 11) is 0. The highest BCUT2D eigenvalue weighted by atomic mass is 79.9. The first-order valence-electron chi connectivity index (χ1n) is 6.56. The number of halogens is 3. The number of hydrogen-bond donors (Lipinski definition) is 0. The molecule has 1 aromatic carbocycles. The topological polar surface area (TPSA) is 0 Å². The summed E-state index contributed by atoms with van der Waals surface area (Å²) in [5.41, 5.74) is 1.34.